The highest BCUT2D eigenvalue weighted by atomic mass is 14.6. The van der Waals surface area contributed by atoms with Crippen LogP contribution < -0.4 is 0 Å². The van der Waals surface area contributed by atoms with Crippen LogP contribution in [0.2, 0.25) is 0 Å². The van der Waals surface area contributed by atoms with E-state index in [4.69, 9.17) is 5.26 Å². The van der Waals surface area contributed by atoms with Gasteiger partial charge >= 0.3 is 0 Å². The lowest BCUT2D eigenvalue weighted by Crippen LogP contribution is -1.84. The second kappa shape index (κ2) is 3.93. The Balaban J connectivity index is 2.76. The van der Waals surface area contributed by atoms with Crippen LogP contribution in [0.1, 0.15) is 18.1 Å². The van der Waals surface area contributed by atoms with Crippen molar-refractivity contribution >= 4 is 16.8 Å². The van der Waals surface area contributed by atoms with Crippen LogP contribution in [-0.2, 0) is 0 Å². The number of aromatic nitrogens is 1. The highest BCUT2D eigenvalue weighted by Crippen LogP contribution is 2.19. The van der Waals surface area contributed by atoms with E-state index in [0.717, 1.165) is 16.3 Å². The molecule has 1 aromatic heterocycles. The van der Waals surface area contributed by atoms with Gasteiger partial charge in [0.1, 0.15) is 0 Å². The number of fused-ring (bicyclic) bond motifs is 1. The van der Waals surface area contributed by atoms with Crippen LogP contribution in [0.15, 0.2) is 36.7 Å². The van der Waals surface area contributed by atoms with Crippen molar-refractivity contribution in [2.24, 2.45) is 0 Å². The maximum atomic E-state index is 9.01. The van der Waals surface area contributed by atoms with Crippen LogP contribution >= 0.6 is 0 Å². The molecule has 0 bridgehead atoms. The first-order valence-electron chi connectivity index (χ1n) is 4.75. The molecule has 72 valence electrons. The quantitative estimate of drug-likeness (QED) is 0.699. The van der Waals surface area contributed by atoms with E-state index < -0.39 is 0 Å². The summed E-state index contributed by atoms with van der Waals surface area (Å²) >= 11 is 0. The zero-order chi connectivity index (χ0) is 10.7. The molecule has 2 rings (SSSR count). The van der Waals surface area contributed by atoms with Gasteiger partial charge in [-0.15, -0.1) is 0 Å². The molecule has 0 spiro atoms. The third-order valence-corrected chi connectivity index (χ3v) is 2.28. The lowest BCUT2D eigenvalue weighted by Gasteiger charge is -2.01. The fourth-order valence-corrected chi connectivity index (χ4v) is 1.57. The Hall–Kier alpha value is -2.14. The summed E-state index contributed by atoms with van der Waals surface area (Å²) in [6.07, 6.45) is 7.41. The minimum absolute atomic E-state index is 0.701. The molecule has 1 heterocycles. The molecule has 0 fully saturated rings. The molecule has 0 saturated heterocycles. The largest absolute Gasteiger partial charge is 0.264 e. The van der Waals surface area contributed by atoms with Gasteiger partial charge < -0.3 is 0 Å². The summed E-state index contributed by atoms with van der Waals surface area (Å²) in [7, 11) is 0. The average molecular weight is 194 g/mol. The van der Waals surface area contributed by atoms with Gasteiger partial charge in [0.05, 0.1) is 11.6 Å². The third kappa shape index (κ3) is 1.72. The molecule has 0 radical (unpaired) electrons. The molecular weight excluding hydrogens is 184 g/mol. The third-order valence-electron chi connectivity index (χ3n) is 2.28. The Bertz CT molecular complexity index is 562. The number of nitriles is 1. The van der Waals surface area contributed by atoms with Crippen LogP contribution in [-0.4, -0.2) is 4.98 Å². The number of rotatable bonds is 1. The summed E-state index contributed by atoms with van der Waals surface area (Å²) in [6.45, 7) is 1.94. The Kier molecular flexibility index (Phi) is 2.47. The fourth-order valence-electron chi connectivity index (χ4n) is 1.57. The highest BCUT2D eigenvalue weighted by molar-refractivity contribution is 5.86. The molecule has 0 saturated carbocycles. The van der Waals surface area contributed by atoms with Crippen LogP contribution in [0.25, 0.3) is 16.8 Å². The maximum absolute atomic E-state index is 9.01. The topological polar surface area (TPSA) is 36.7 Å². The zero-order valence-electron chi connectivity index (χ0n) is 8.44. The summed E-state index contributed by atoms with van der Waals surface area (Å²) in [6, 6.07) is 8.00. The van der Waals surface area contributed by atoms with Crippen molar-refractivity contribution in [3.05, 3.63) is 47.8 Å². The molecule has 0 amide bonds. The van der Waals surface area contributed by atoms with Crippen LogP contribution in [0.4, 0.5) is 0 Å². The molecule has 2 aromatic rings. The second-order valence-electron chi connectivity index (χ2n) is 3.27. The fraction of sp³-hybridized carbons (Fsp3) is 0.0769. The van der Waals surface area contributed by atoms with Gasteiger partial charge in [-0.3, -0.25) is 4.98 Å². The first kappa shape index (κ1) is 9.42. The Morgan fingerprint density at radius 1 is 1.33 bits per heavy atom. The molecule has 2 heteroatoms. The molecule has 0 unspecified atom stereocenters. The van der Waals surface area contributed by atoms with Crippen molar-refractivity contribution in [3.8, 4) is 6.07 Å². The average Bonchev–Trinajstić information content (AvgIpc) is 2.28. The van der Waals surface area contributed by atoms with Gasteiger partial charge in [0.25, 0.3) is 0 Å². The number of pyridine rings is 1. The first-order chi connectivity index (χ1) is 7.35. The zero-order valence-corrected chi connectivity index (χ0v) is 8.44. The molecule has 0 aliphatic heterocycles. The number of hydrogen-bond donors (Lipinski definition) is 0. The number of benzene rings is 1. The van der Waals surface area contributed by atoms with Gasteiger partial charge in [0.2, 0.25) is 0 Å². The van der Waals surface area contributed by atoms with Crippen molar-refractivity contribution in [2.45, 2.75) is 6.92 Å². The lowest BCUT2D eigenvalue weighted by atomic mass is 10.0. The molecule has 0 aliphatic rings. The Morgan fingerprint density at radius 2 is 2.20 bits per heavy atom. The molecule has 0 atom stereocenters. The number of nitrogens with zero attached hydrogens (tertiary/aromatic N) is 2. The van der Waals surface area contributed by atoms with Crippen molar-refractivity contribution < 1.29 is 0 Å². The van der Waals surface area contributed by atoms with Crippen molar-refractivity contribution in [2.75, 3.05) is 0 Å². The van der Waals surface area contributed by atoms with Gasteiger partial charge in [0, 0.05) is 17.8 Å². The minimum Gasteiger partial charge on any atom is -0.264 e. The van der Waals surface area contributed by atoms with Gasteiger partial charge in [-0.25, -0.2) is 0 Å². The van der Waals surface area contributed by atoms with E-state index in [1.165, 1.54) is 0 Å². The molecule has 2 nitrogen and oxygen atoms in total. The van der Waals surface area contributed by atoms with Gasteiger partial charge in [-0.05, 0) is 36.1 Å². The highest BCUT2D eigenvalue weighted by Gasteiger charge is 2.01. The molecule has 0 N–H and O–H groups in total. The van der Waals surface area contributed by atoms with Crippen LogP contribution in [0.3, 0.4) is 0 Å². The van der Waals surface area contributed by atoms with Crippen molar-refractivity contribution in [1.29, 1.82) is 5.26 Å². The lowest BCUT2D eigenvalue weighted by molar-refractivity contribution is 1.36. The molecular formula is C13H10N2. The first-order valence-corrected chi connectivity index (χ1v) is 4.75. The Labute approximate surface area is 88.5 Å². The van der Waals surface area contributed by atoms with Gasteiger partial charge in [0.15, 0.2) is 0 Å². The van der Waals surface area contributed by atoms with E-state index in [2.05, 4.69) is 11.1 Å². The standard InChI is InChI=1S/C13H10N2/c1-2-3-10-7-13-9-15-5-4-11(13)6-12(10)8-14/h2-7,9H,1H3/b3-2+. The van der Waals surface area contributed by atoms with Crippen LogP contribution in [0.5, 0.6) is 0 Å². The van der Waals surface area contributed by atoms with Crippen molar-refractivity contribution in [1.82, 2.24) is 4.98 Å². The predicted octanol–water partition coefficient (Wildman–Crippen LogP) is 3.14. The number of allylic oxidation sites excluding steroid dienone is 1. The number of hydrogen-bond acceptors (Lipinski definition) is 2. The smallest absolute Gasteiger partial charge is 0.0998 e. The summed E-state index contributed by atoms with van der Waals surface area (Å²) in [5, 5.41) is 11.1. The maximum Gasteiger partial charge on any atom is 0.0998 e. The van der Waals surface area contributed by atoms with E-state index >= 15 is 0 Å². The van der Waals surface area contributed by atoms with E-state index in [-0.39, 0.29) is 0 Å². The summed E-state index contributed by atoms with van der Waals surface area (Å²) in [5.74, 6) is 0. The van der Waals surface area contributed by atoms with Gasteiger partial charge in [-0.2, -0.15) is 5.26 Å². The van der Waals surface area contributed by atoms with Crippen LogP contribution in [0, 0.1) is 11.3 Å². The molecule has 0 aliphatic carbocycles. The Morgan fingerprint density at radius 3 is 2.93 bits per heavy atom. The molecule has 15 heavy (non-hydrogen) atoms. The minimum atomic E-state index is 0.701. The van der Waals surface area contributed by atoms with Crippen molar-refractivity contribution in [3.63, 3.8) is 0 Å². The van der Waals surface area contributed by atoms with E-state index in [1.54, 1.807) is 6.20 Å². The summed E-state index contributed by atoms with van der Waals surface area (Å²) in [5.41, 5.74) is 1.65. The van der Waals surface area contributed by atoms with Gasteiger partial charge in [-0.1, -0.05) is 12.2 Å². The van der Waals surface area contributed by atoms with E-state index in [9.17, 15) is 0 Å². The molecule has 1 aromatic carbocycles. The normalized spacial score (nSPS) is 10.7. The van der Waals surface area contributed by atoms with E-state index in [0.29, 0.717) is 5.56 Å². The summed E-state index contributed by atoms with van der Waals surface area (Å²) in [4.78, 5) is 4.06. The second-order valence-corrected chi connectivity index (χ2v) is 3.27. The predicted molar refractivity (Wildman–Crippen MR) is 61.2 cm³/mol. The summed E-state index contributed by atoms with van der Waals surface area (Å²) < 4.78 is 0. The SMILES string of the molecule is C/C=C/c1cc2cnccc2cc1C#N. The van der Waals surface area contributed by atoms with E-state index in [1.807, 2.05) is 43.5 Å². The monoisotopic (exact) mass is 194 g/mol.